The summed E-state index contributed by atoms with van der Waals surface area (Å²) in [7, 11) is 1.59. The summed E-state index contributed by atoms with van der Waals surface area (Å²) < 4.78 is 10.6. The lowest BCUT2D eigenvalue weighted by Crippen LogP contribution is -2.50. The van der Waals surface area contributed by atoms with Crippen molar-refractivity contribution in [3.63, 3.8) is 0 Å². The molecule has 3 aromatic rings. The third kappa shape index (κ3) is 4.75. The third-order valence-electron chi connectivity index (χ3n) is 5.33. The lowest BCUT2D eigenvalue weighted by Gasteiger charge is -2.34. The standard InChI is InChI=1S/C24H25N3O4S/c1-3-31-20-10-4-17(5-11-20)22-25-21(16-32-22)24(29)27-14-12-26(13-15-27)23(28)18-6-8-19(30-2)9-7-18/h4-11,16H,3,12-15H2,1-2H3. The molecule has 0 radical (unpaired) electrons. The van der Waals surface area contributed by atoms with Gasteiger partial charge in [0.25, 0.3) is 11.8 Å². The fraction of sp³-hybridized carbons (Fsp3) is 0.292. The second-order valence-corrected chi connectivity index (χ2v) is 8.17. The molecule has 7 nitrogen and oxygen atoms in total. The van der Waals surface area contributed by atoms with E-state index in [0.717, 1.165) is 16.3 Å². The molecule has 0 saturated carbocycles. The Labute approximate surface area is 191 Å². The van der Waals surface area contributed by atoms with E-state index in [4.69, 9.17) is 9.47 Å². The Balaban J connectivity index is 1.35. The van der Waals surface area contributed by atoms with Gasteiger partial charge in [-0.05, 0) is 55.5 Å². The molecule has 4 rings (SSSR count). The first kappa shape index (κ1) is 21.8. The monoisotopic (exact) mass is 451 g/mol. The Morgan fingerprint density at radius 3 is 2.09 bits per heavy atom. The number of piperazine rings is 1. The highest BCUT2D eigenvalue weighted by molar-refractivity contribution is 7.13. The molecular formula is C24H25N3O4S. The van der Waals surface area contributed by atoms with Crippen molar-refractivity contribution in [2.45, 2.75) is 6.92 Å². The molecule has 0 spiro atoms. The van der Waals surface area contributed by atoms with E-state index in [1.54, 1.807) is 46.6 Å². The summed E-state index contributed by atoms with van der Waals surface area (Å²) in [4.78, 5) is 33.7. The average Bonchev–Trinajstić information content (AvgIpc) is 3.34. The van der Waals surface area contributed by atoms with Crippen molar-refractivity contribution in [1.82, 2.24) is 14.8 Å². The first-order valence-electron chi connectivity index (χ1n) is 10.5. The van der Waals surface area contributed by atoms with Crippen molar-refractivity contribution in [2.75, 3.05) is 39.9 Å². The summed E-state index contributed by atoms with van der Waals surface area (Å²) in [5.74, 6) is 1.39. The summed E-state index contributed by atoms with van der Waals surface area (Å²) in [6, 6.07) is 14.8. The molecule has 1 aliphatic rings. The Hall–Kier alpha value is -3.39. The minimum Gasteiger partial charge on any atom is -0.497 e. The van der Waals surface area contributed by atoms with Crippen molar-refractivity contribution < 1.29 is 19.1 Å². The van der Waals surface area contributed by atoms with E-state index >= 15 is 0 Å². The normalized spacial score (nSPS) is 13.7. The van der Waals surface area contributed by atoms with Gasteiger partial charge in [-0.3, -0.25) is 9.59 Å². The predicted molar refractivity (Wildman–Crippen MR) is 124 cm³/mol. The zero-order chi connectivity index (χ0) is 22.5. The Kier molecular flexibility index (Phi) is 6.70. The van der Waals surface area contributed by atoms with Crippen LogP contribution in [0.4, 0.5) is 0 Å². The number of carbonyl (C=O) groups is 2. The van der Waals surface area contributed by atoms with Crippen molar-refractivity contribution in [2.24, 2.45) is 0 Å². The second kappa shape index (κ2) is 9.82. The maximum absolute atomic E-state index is 12.9. The molecule has 166 valence electrons. The SMILES string of the molecule is CCOc1ccc(-c2nc(C(=O)N3CCN(C(=O)c4ccc(OC)cc4)CC3)cs2)cc1. The smallest absolute Gasteiger partial charge is 0.273 e. The van der Waals surface area contributed by atoms with E-state index in [-0.39, 0.29) is 11.8 Å². The van der Waals surface area contributed by atoms with E-state index in [0.29, 0.717) is 49.8 Å². The molecule has 0 aliphatic carbocycles. The van der Waals surface area contributed by atoms with E-state index in [2.05, 4.69) is 4.98 Å². The van der Waals surface area contributed by atoms with Gasteiger partial charge in [-0.25, -0.2) is 4.98 Å². The van der Waals surface area contributed by atoms with Gasteiger partial charge in [0, 0.05) is 42.7 Å². The molecule has 2 amide bonds. The van der Waals surface area contributed by atoms with Gasteiger partial charge in [-0.15, -0.1) is 11.3 Å². The zero-order valence-electron chi connectivity index (χ0n) is 18.1. The van der Waals surface area contributed by atoms with Crippen LogP contribution in [0.25, 0.3) is 10.6 Å². The third-order valence-corrected chi connectivity index (χ3v) is 6.22. The lowest BCUT2D eigenvalue weighted by atomic mass is 10.1. The maximum atomic E-state index is 12.9. The molecule has 2 heterocycles. The van der Waals surface area contributed by atoms with Crippen LogP contribution in [0.15, 0.2) is 53.9 Å². The number of hydrogen-bond donors (Lipinski definition) is 0. The van der Waals surface area contributed by atoms with Crippen molar-refractivity contribution >= 4 is 23.2 Å². The number of aromatic nitrogens is 1. The van der Waals surface area contributed by atoms with Gasteiger partial charge in [-0.1, -0.05) is 0 Å². The van der Waals surface area contributed by atoms with Gasteiger partial charge in [0.15, 0.2) is 0 Å². The van der Waals surface area contributed by atoms with Gasteiger partial charge < -0.3 is 19.3 Å². The number of rotatable bonds is 6. The fourth-order valence-electron chi connectivity index (χ4n) is 3.56. The van der Waals surface area contributed by atoms with Crippen LogP contribution in [0.1, 0.15) is 27.8 Å². The number of hydrogen-bond acceptors (Lipinski definition) is 6. The number of ether oxygens (including phenoxy) is 2. The molecule has 0 unspecified atom stereocenters. The summed E-state index contributed by atoms with van der Waals surface area (Å²) in [6.07, 6.45) is 0. The molecule has 8 heteroatoms. The van der Waals surface area contributed by atoms with Crippen molar-refractivity contribution in [1.29, 1.82) is 0 Å². The minimum absolute atomic E-state index is 0.0359. The maximum Gasteiger partial charge on any atom is 0.273 e. The van der Waals surface area contributed by atoms with Crippen LogP contribution < -0.4 is 9.47 Å². The first-order valence-corrected chi connectivity index (χ1v) is 11.4. The highest BCUT2D eigenvalue weighted by Gasteiger charge is 2.26. The molecule has 1 aromatic heterocycles. The van der Waals surface area contributed by atoms with Crippen LogP contribution in [0, 0.1) is 0 Å². The lowest BCUT2D eigenvalue weighted by molar-refractivity contribution is 0.0533. The van der Waals surface area contributed by atoms with Crippen LogP contribution in [0.3, 0.4) is 0 Å². The molecule has 0 N–H and O–H groups in total. The van der Waals surface area contributed by atoms with Gasteiger partial charge in [-0.2, -0.15) is 0 Å². The summed E-state index contributed by atoms with van der Waals surface area (Å²) >= 11 is 1.45. The molecule has 32 heavy (non-hydrogen) atoms. The minimum atomic E-state index is -0.102. The van der Waals surface area contributed by atoms with Gasteiger partial charge in [0.1, 0.15) is 22.2 Å². The zero-order valence-corrected chi connectivity index (χ0v) is 18.9. The fourth-order valence-corrected chi connectivity index (χ4v) is 4.36. The Morgan fingerprint density at radius 1 is 0.906 bits per heavy atom. The van der Waals surface area contributed by atoms with Crippen molar-refractivity contribution in [3.8, 4) is 22.1 Å². The summed E-state index contributed by atoms with van der Waals surface area (Å²) in [5, 5.41) is 2.59. The van der Waals surface area contributed by atoms with Gasteiger partial charge in [0.2, 0.25) is 0 Å². The number of amides is 2. The first-order chi connectivity index (χ1) is 15.6. The van der Waals surface area contributed by atoms with Crippen LogP contribution in [0.2, 0.25) is 0 Å². The summed E-state index contributed by atoms with van der Waals surface area (Å²) in [5.41, 5.74) is 2.01. The van der Waals surface area contributed by atoms with Crippen LogP contribution in [-0.4, -0.2) is 66.5 Å². The van der Waals surface area contributed by atoms with Crippen LogP contribution >= 0.6 is 11.3 Å². The average molecular weight is 452 g/mol. The molecule has 0 atom stereocenters. The highest BCUT2D eigenvalue weighted by Crippen LogP contribution is 2.26. The molecule has 1 saturated heterocycles. The van der Waals surface area contributed by atoms with Crippen molar-refractivity contribution in [3.05, 3.63) is 65.2 Å². The van der Waals surface area contributed by atoms with E-state index in [1.165, 1.54) is 11.3 Å². The highest BCUT2D eigenvalue weighted by atomic mass is 32.1. The second-order valence-electron chi connectivity index (χ2n) is 7.31. The molecule has 1 aliphatic heterocycles. The molecule has 1 fully saturated rings. The number of thiazole rings is 1. The number of carbonyl (C=O) groups excluding carboxylic acids is 2. The van der Waals surface area contributed by atoms with E-state index in [9.17, 15) is 9.59 Å². The molecule has 2 aromatic carbocycles. The van der Waals surface area contributed by atoms with E-state index < -0.39 is 0 Å². The molecule has 0 bridgehead atoms. The number of methoxy groups -OCH3 is 1. The topological polar surface area (TPSA) is 72.0 Å². The summed E-state index contributed by atoms with van der Waals surface area (Å²) in [6.45, 7) is 4.52. The van der Waals surface area contributed by atoms with Crippen LogP contribution in [0.5, 0.6) is 11.5 Å². The quantitative estimate of drug-likeness (QED) is 0.570. The number of nitrogens with zero attached hydrogens (tertiary/aromatic N) is 3. The largest absolute Gasteiger partial charge is 0.497 e. The van der Waals surface area contributed by atoms with Gasteiger partial charge >= 0.3 is 0 Å². The Bertz CT molecular complexity index is 1070. The van der Waals surface area contributed by atoms with E-state index in [1.807, 2.05) is 31.2 Å². The Morgan fingerprint density at radius 2 is 1.50 bits per heavy atom. The predicted octanol–water partition coefficient (Wildman–Crippen LogP) is 3.82. The number of benzene rings is 2. The molecular weight excluding hydrogens is 426 g/mol. The van der Waals surface area contributed by atoms with Crippen LogP contribution in [-0.2, 0) is 0 Å². The van der Waals surface area contributed by atoms with Gasteiger partial charge in [0.05, 0.1) is 13.7 Å².